The van der Waals surface area contributed by atoms with Crippen LogP contribution in [0.2, 0.25) is 0 Å². The molecule has 0 saturated heterocycles. The van der Waals surface area contributed by atoms with E-state index in [2.05, 4.69) is 10.3 Å². The van der Waals surface area contributed by atoms with Crippen LogP contribution >= 0.6 is 0 Å². The molecule has 0 aliphatic carbocycles. The zero-order chi connectivity index (χ0) is 12.0. The van der Waals surface area contributed by atoms with Gasteiger partial charge in [-0.15, -0.1) is 0 Å². The smallest absolute Gasteiger partial charge is 0.216 e. The summed E-state index contributed by atoms with van der Waals surface area (Å²) in [5.41, 5.74) is 0.429. The molecular weight excluding hydrogens is 208 g/mol. The van der Waals surface area contributed by atoms with Crippen LogP contribution in [0.25, 0.3) is 0 Å². The summed E-state index contributed by atoms with van der Waals surface area (Å²) in [5.74, 6) is -0.153. The third kappa shape index (κ3) is 3.96. The number of nitrogens with one attached hydrogen (secondary N) is 1. The minimum Gasteiger partial charge on any atom is -0.390 e. The third-order valence-corrected chi connectivity index (χ3v) is 2.17. The van der Waals surface area contributed by atoms with Gasteiger partial charge in [-0.25, -0.2) is 0 Å². The van der Waals surface area contributed by atoms with Crippen LogP contribution in [0.4, 0.5) is 0 Å². The Hall–Kier alpha value is -1.46. The molecule has 0 radical (unpaired) electrons. The Balaban J connectivity index is 2.42. The Bertz CT molecular complexity index is 329. The van der Waals surface area contributed by atoms with Crippen molar-refractivity contribution in [2.75, 3.05) is 6.54 Å². The van der Waals surface area contributed by atoms with Gasteiger partial charge < -0.3 is 15.5 Å². The highest BCUT2D eigenvalue weighted by Gasteiger charge is 2.18. The summed E-state index contributed by atoms with van der Waals surface area (Å²) in [4.78, 5) is 14.5. The monoisotopic (exact) mass is 224 g/mol. The Labute approximate surface area is 94.1 Å². The minimum absolute atomic E-state index is 0.153. The number of rotatable bonds is 5. The number of carbonyl (C=O) groups excluding carboxylic acids is 1. The number of aliphatic hydroxyl groups excluding tert-OH is 2. The molecule has 3 N–H and O–H groups in total. The third-order valence-electron chi connectivity index (χ3n) is 2.17. The van der Waals surface area contributed by atoms with Crippen LogP contribution in [0.5, 0.6) is 0 Å². The van der Waals surface area contributed by atoms with E-state index < -0.39 is 12.2 Å². The number of hydrogen-bond acceptors (Lipinski definition) is 4. The number of amides is 1. The van der Waals surface area contributed by atoms with Crippen molar-refractivity contribution in [2.45, 2.75) is 25.6 Å². The van der Waals surface area contributed by atoms with Gasteiger partial charge in [0.2, 0.25) is 5.91 Å². The van der Waals surface area contributed by atoms with Crippen molar-refractivity contribution in [3.05, 3.63) is 30.1 Å². The normalized spacial score (nSPS) is 14.2. The van der Waals surface area contributed by atoms with Crippen molar-refractivity contribution in [1.82, 2.24) is 10.3 Å². The Morgan fingerprint density at radius 2 is 2.25 bits per heavy atom. The lowest BCUT2D eigenvalue weighted by Crippen LogP contribution is -2.27. The number of pyridine rings is 1. The lowest BCUT2D eigenvalue weighted by molar-refractivity contribution is -0.119. The molecule has 0 aromatic carbocycles. The number of aliphatic hydroxyl groups is 2. The van der Waals surface area contributed by atoms with Crippen LogP contribution in [0.3, 0.4) is 0 Å². The lowest BCUT2D eigenvalue weighted by atomic mass is 10.1. The van der Waals surface area contributed by atoms with Gasteiger partial charge in [-0.1, -0.05) is 6.07 Å². The van der Waals surface area contributed by atoms with Gasteiger partial charge >= 0.3 is 0 Å². The van der Waals surface area contributed by atoms with Gasteiger partial charge in [0.25, 0.3) is 0 Å². The van der Waals surface area contributed by atoms with Gasteiger partial charge in [0, 0.05) is 19.7 Å². The zero-order valence-corrected chi connectivity index (χ0v) is 9.13. The fourth-order valence-electron chi connectivity index (χ4n) is 1.30. The Morgan fingerprint density at radius 1 is 1.50 bits per heavy atom. The van der Waals surface area contributed by atoms with Crippen LogP contribution in [0.15, 0.2) is 24.4 Å². The summed E-state index contributed by atoms with van der Waals surface area (Å²) in [7, 11) is 0. The second-order valence-corrected chi connectivity index (χ2v) is 3.54. The highest BCUT2D eigenvalue weighted by molar-refractivity contribution is 5.72. The van der Waals surface area contributed by atoms with E-state index in [-0.39, 0.29) is 12.3 Å². The molecule has 16 heavy (non-hydrogen) atoms. The minimum atomic E-state index is -1.02. The van der Waals surface area contributed by atoms with Crippen LogP contribution in [0.1, 0.15) is 25.1 Å². The second kappa shape index (κ2) is 6.19. The largest absolute Gasteiger partial charge is 0.390 e. The average molecular weight is 224 g/mol. The van der Waals surface area contributed by atoms with E-state index in [1.165, 1.54) is 6.92 Å². The molecule has 88 valence electrons. The predicted octanol–water partition coefficient (Wildman–Crippen LogP) is 0.00210. The van der Waals surface area contributed by atoms with Crippen molar-refractivity contribution >= 4 is 5.91 Å². The first-order chi connectivity index (χ1) is 7.61. The maximum absolute atomic E-state index is 10.6. The molecule has 1 heterocycles. The van der Waals surface area contributed by atoms with E-state index in [4.69, 9.17) is 0 Å². The van der Waals surface area contributed by atoms with E-state index in [0.717, 1.165) is 0 Å². The van der Waals surface area contributed by atoms with Crippen molar-refractivity contribution in [2.24, 2.45) is 0 Å². The molecule has 1 rings (SSSR count). The van der Waals surface area contributed by atoms with Crippen molar-refractivity contribution < 1.29 is 15.0 Å². The standard InChI is InChI=1S/C11H16N2O3/c1-8(14)12-7-5-10(15)11(16)9-4-2-3-6-13-9/h2-4,6,10-11,15-16H,5,7H2,1H3,(H,12,14). The molecule has 5 heteroatoms. The summed E-state index contributed by atoms with van der Waals surface area (Å²) in [6.45, 7) is 1.74. The van der Waals surface area contributed by atoms with Gasteiger partial charge in [-0.3, -0.25) is 9.78 Å². The van der Waals surface area contributed by atoms with Crippen molar-refractivity contribution in [3.8, 4) is 0 Å². The molecule has 1 aromatic rings. The van der Waals surface area contributed by atoms with E-state index in [9.17, 15) is 15.0 Å². The molecule has 0 saturated carbocycles. The first kappa shape index (κ1) is 12.6. The molecule has 0 bridgehead atoms. The SMILES string of the molecule is CC(=O)NCCC(O)C(O)c1ccccn1. The van der Waals surface area contributed by atoms with E-state index in [0.29, 0.717) is 12.2 Å². The number of carbonyl (C=O) groups is 1. The maximum Gasteiger partial charge on any atom is 0.216 e. The van der Waals surface area contributed by atoms with Crippen LogP contribution in [0, 0.1) is 0 Å². The highest BCUT2D eigenvalue weighted by atomic mass is 16.3. The summed E-state index contributed by atoms with van der Waals surface area (Å²) in [5, 5.41) is 21.9. The molecule has 2 unspecified atom stereocenters. The second-order valence-electron chi connectivity index (χ2n) is 3.54. The molecule has 2 atom stereocenters. The molecule has 0 aliphatic heterocycles. The highest BCUT2D eigenvalue weighted by Crippen LogP contribution is 2.15. The Kier molecular flexibility index (Phi) is 4.88. The topological polar surface area (TPSA) is 82.5 Å². The summed E-state index contributed by atoms with van der Waals surface area (Å²) < 4.78 is 0. The van der Waals surface area contributed by atoms with E-state index >= 15 is 0 Å². The molecule has 0 aliphatic rings. The van der Waals surface area contributed by atoms with E-state index in [1.807, 2.05) is 0 Å². The number of nitrogens with zero attached hydrogens (tertiary/aromatic N) is 1. The molecule has 0 spiro atoms. The summed E-state index contributed by atoms with van der Waals surface area (Å²) >= 11 is 0. The zero-order valence-electron chi connectivity index (χ0n) is 9.13. The van der Waals surface area contributed by atoms with Crippen LogP contribution < -0.4 is 5.32 Å². The molecular formula is C11H16N2O3. The van der Waals surface area contributed by atoms with Gasteiger partial charge in [-0.2, -0.15) is 0 Å². The summed E-state index contributed by atoms with van der Waals surface area (Å²) in [6.07, 6.45) is -0.104. The van der Waals surface area contributed by atoms with E-state index in [1.54, 1.807) is 24.4 Å². The number of hydrogen-bond donors (Lipinski definition) is 3. The van der Waals surface area contributed by atoms with Crippen molar-refractivity contribution in [1.29, 1.82) is 0 Å². The van der Waals surface area contributed by atoms with Crippen molar-refractivity contribution in [3.63, 3.8) is 0 Å². The molecule has 5 nitrogen and oxygen atoms in total. The Morgan fingerprint density at radius 3 is 2.81 bits per heavy atom. The van der Waals surface area contributed by atoms with Gasteiger partial charge in [-0.05, 0) is 18.6 Å². The fourth-order valence-corrected chi connectivity index (χ4v) is 1.30. The quantitative estimate of drug-likeness (QED) is 0.657. The van der Waals surface area contributed by atoms with Gasteiger partial charge in [0.05, 0.1) is 11.8 Å². The van der Waals surface area contributed by atoms with Crippen LogP contribution in [-0.2, 0) is 4.79 Å². The number of aromatic nitrogens is 1. The average Bonchev–Trinajstić information content (AvgIpc) is 2.28. The summed E-state index contributed by atoms with van der Waals surface area (Å²) in [6, 6.07) is 5.12. The van der Waals surface area contributed by atoms with Crippen LogP contribution in [-0.4, -0.2) is 33.8 Å². The molecule has 1 aromatic heterocycles. The molecule has 1 amide bonds. The lowest BCUT2D eigenvalue weighted by Gasteiger charge is -2.17. The fraction of sp³-hybridized carbons (Fsp3) is 0.455. The maximum atomic E-state index is 10.6. The van der Waals surface area contributed by atoms with Gasteiger partial charge in [0.1, 0.15) is 6.10 Å². The first-order valence-electron chi connectivity index (χ1n) is 5.12. The predicted molar refractivity (Wildman–Crippen MR) is 58.5 cm³/mol. The van der Waals surface area contributed by atoms with Gasteiger partial charge in [0.15, 0.2) is 0 Å². The molecule has 0 fully saturated rings. The first-order valence-corrected chi connectivity index (χ1v) is 5.12.